The Morgan fingerprint density at radius 1 is 1.35 bits per heavy atom. The summed E-state index contributed by atoms with van der Waals surface area (Å²) in [5.41, 5.74) is 0.601. The lowest BCUT2D eigenvalue weighted by Gasteiger charge is -2.10. The second-order valence-corrected chi connectivity index (χ2v) is 4.55. The van der Waals surface area contributed by atoms with Gasteiger partial charge in [-0.3, -0.25) is 9.78 Å². The van der Waals surface area contributed by atoms with Crippen LogP contribution in [-0.2, 0) is 0 Å². The van der Waals surface area contributed by atoms with E-state index in [1.807, 2.05) is 18.2 Å². The van der Waals surface area contributed by atoms with Crippen molar-refractivity contribution in [2.45, 2.75) is 18.9 Å². The third-order valence-electron chi connectivity index (χ3n) is 3.28. The van der Waals surface area contributed by atoms with Crippen molar-refractivity contribution in [1.29, 1.82) is 0 Å². The lowest BCUT2D eigenvalue weighted by Crippen LogP contribution is -2.22. The van der Waals surface area contributed by atoms with Crippen molar-refractivity contribution in [2.24, 2.45) is 5.92 Å². The first-order valence-electron chi connectivity index (χ1n) is 5.82. The molecule has 0 amide bonds. The van der Waals surface area contributed by atoms with Gasteiger partial charge in [0.15, 0.2) is 5.78 Å². The van der Waals surface area contributed by atoms with E-state index in [2.05, 4.69) is 4.98 Å². The minimum absolute atomic E-state index is 0.163. The number of benzene rings is 1. The first-order valence-corrected chi connectivity index (χ1v) is 5.82. The molecule has 1 aromatic heterocycles. The molecule has 1 heterocycles. The van der Waals surface area contributed by atoms with Crippen LogP contribution in [-0.4, -0.2) is 22.0 Å². The minimum atomic E-state index is -0.839. The topological polar surface area (TPSA) is 50.2 Å². The van der Waals surface area contributed by atoms with Crippen molar-refractivity contribution in [2.75, 3.05) is 0 Å². The summed E-state index contributed by atoms with van der Waals surface area (Å²) in [5, 5.41) is 11.7. The molecule has 1 N–H and O–H groups in total. The molecule has 0 saturated heterocycles. The van der Waals surface area contributed by atoms with Gasteiger partial charge in [0.25, 0.3) is 0 Å². The molecule has 17 heavy (non-hydrogen) atoms. The number of aliphatic hydroxyl groups is 1. The number of rotatable bonds is 3. The summed E-state index contributed by atoms with van der Waals surface area (Å²) in [6.07, 6.45) is 4.48. The predicted octanol–water partition coefficient (Wildman–Crippen LogP) is 2.19. The number of carbonyl (C=O) groups is 1. The summed E-state index contributed by atoms with van der Waals surface area (Å²) in [4.78, 5) is 16.2. The molecule has 3 rings (SSSR count). The summed E-state index contributed by atoms with van der Waals surface area (Å²) < 4.78 is 0. The van der Waals surface area contributed by atoms with Gasteiger partial charge in [0.05, 0.1) is 0 Å². The van der Waals surface area contributed by atoms with E-state index in [0.717, 1.165) is 23.6 Å². The van der Waals surface area contributed by atoms with Crippen LogP contribution in [0.1, 0.15) is 23.2 Å². The summed E-state index contributed by atoms with van der Waals surface area (Å²) in [6, 6.07) is 7.35. The molecule has 3 heteroatoms. The van der Waals surface area contributed by atoms with Crippen molar-refractivity contribution in [3.8, 4) is 0 Å². The standard InChI is InChI=1S/C14H13NO2/c16-13(9-4-5-9)14(17)12-3-1-2-10-8-15-7-6-11(10)12/h1-3,6-9,13,16H,4-5H2. The Kier molecular flexibility index (Phi) is 2.41. The molecule has 3 nitrogen and oxygen atoms in total. The fourth-order valence-electron chi connectivity index (χ4n) is 2.12. The molecule has 1 unspecified atom stereocenters. The van der Waals surface area contributed by atoms with E-state index in [-0.39, 0.29) is 11.7 Å². The number of ketones is 1. The van der Waals surface area contributed by atoms with Gasteiger partial charge in [-0.1, -0.05) is 18.2 Å². The van der Waals surface area contributed by atoms with Gasteiger partial charge in [-0.25, -0.2) is 0 Å². The van der Waals surface area contributed by atoms with Crippen molar-refractivity contribution >= 4 is 16.6 Å². The van der Waals surface area contributed by atoms with Crippen LogP contribution in [0.5, 0.6) is 0 Å². The van der Waals surface area contributed by atoms with Crippen LogP contribution < -0.4 is 0 Å². The molecular formula is C14H13NO2. The maximum absolute atomic E-state index is 12.2. The van der Waals surface area contributed by atoms with Crippen molar-refractivity contribution in [1.82, 2.24) is 4.98 Å². The number of aromatic nitrogens is 1. The van der Waals surface area contributed by atoms with E-state index in [9.17, 15) is 9.90 Å². The number of Topliss-reactive ketones (excluding diaryl/α,β-unsaturated/α-hetero) is 1. The highest BCUT2D eigenvalue weighted by Gasteiger charge is 2.35. The monoisotopic (exact) mass is 227 g/mol. The highest BCUT2D eigenvalue weighted by Crippen LogP contribution is 2.34. The van der Waals surface area contributed by atoms with Gasteiger partial charge >= 0.3 is 0 Å². The minimum Gasteiger partial charge on any atom is -0.385 e. The number of fused-ring (bicyclic) bond motifs is 1. The summed E-state index contributed by atoms with van der Waals surface area (Å²) in [6.45, 7) is 0. The Morgan fingerprint density at radius 3 is 2.94 bits per heavy atom. The summed E-state index contributed by atoms with van der Waals surface area (Å²) in [5.74, 6) is 0.00360. The van der Waals surface area contributed by atoms with Crippen LogP contribution in [0.3, 0.4) is 0 Å². The van der Waals surface area contributed by atoms with Gasteiger partial charge in [-0.05, 0) is 30.2 Å². The van der Waals surface area contributed by atoms with Gasteiger partial charge in [0.1, 0.15) is 6.10 Å². The SMILES string of the molecule is O=C(c1cccc2cnccc12)C(O)C1CC1. The quantitative estimate of drug-likeness (QED) is 0.818. The zero-order chi connectivity index (χ0) is 11.8. The molecule has 86 valence electrons. The Bertz CT molecular complexity index is 570. The second kappa shape index (κ2) is 3.93. The molecule has 0 spiro atoms. The van der Waals surface area contributed by atoms with Crippen LogP contribution in [0.25, 0.3) is 10.8 Å². The van der Waals surface area contributed by atoms with Gasteiger partial charge < -0.3 is 5.11 Å². The van der Waals surface area contributed by atoms with E-state index < -0.39 is 6.10 Å². The molecule has 1 fully saturated rings. The fraction of sp³-hybridized carbons (Fsp3) is 0.286. The molecule has 1 saturated carbocycles. The number of hydrogen-bond donors (Lipinski definition) is 1. The first kappa shape index (κ1) is 10.4. The lowest BCUT2D eigenvalue weighted by molar-refractivity contribution is 0.0706. The van der Waals surface area contributed by atoms with E-state index in [1.54, 1.807) is 18.5 Å². The average molecular weight is 227 g/mol. The van der Waals surface area contributed by atoms with Crippen LogP contribution >= 0.6 is 0 Å². The number of aliphatic hydroxyl groups excluding tert-OH is 1. The molecule has 1 aromatic carbocycles. The zero-order valence-corrected chi connectivity index (χ0v) is 9.34. The van der Waals surface area contributed by atoms with E-state index in [4.69, 9.17) is 0 Å². The molecule has 0 bridgehead atoms. The zero-order valence-electron chi connectivity index (χ0n) is 9.34. The molecule has 1 atom stereocenters. The smallest absolute Gasteiger partial charge is 0.192 e. The van der Waals surface area contributed by atoms with Gasteiger partial charge in [0, 0.05) is 23.3 Å². The number of nitrogens with zero attached hydrogens (tertiary/aromatic N) is 1. The van der Waals surface area contributed by atoms with Gasteiger partial charge in [0.2, 0.25) is 0 Å². The largest absolute Gasteiger partial charge is 0.385 e. The normalized spacial score (nSPS) is 17.0. The van der Waals surface area contributed by atoms with Crippen LogP contribution in [0.15, 0.2) is 36.7 Å². The van der Waals surface area contributed by atoms with E-state index >= 15 is 0 Å². The highest BCUT2D eigenvalue weighted by atomic mass is 16.3. The Hall–Kier alpha value is -1.74. The Balaban J connectivity index is 2.07. The van der Waals surface area contributed by atoms with Crippen LogP contribution in [0.4, 0.5) is 0 Å². The maximum atomic E-state index is 12.2. The van der Waals surface area contributed by atoms with E-state index in [1.165, 1.54) is 0 Å². The van der Waals surface area contributed by atoms with Gasteiger partial charge in [-0.2, -0.15) is 0 Å². The van der Waals surface area contributed by atoms with Crippen LogP contribution in [0.2, 0.25) is 0 Å². The van der Waals surface area contributed by atoms with Crippen molar-refractivity contribution in [3.63, 3.8) is 0 Å². The fourth-order valence-corrected chi connectivity index (χ4v) is 2.12. The van der Waals surface area contributed by atoms with E-state index in [0.29, 0.717) is 5.56 Å². The lowest BCUT2D eigenvalue weighted by atomic mass is 9.98. The highest BCUT2D eigenvalue weighted by molar-refractivity contribution is 6.10. The molecule has 1 aliphatic carbocycles. The molecule has 0 radical (unpaired) electrons. The van der Waals surface area contributed by atoms with Crippen LogP contribution in [0, 0.1) is 5.92 Å². The average Bonchev–Trinajstić information content (AvgIpc) is 3.20. The van der Waals surface area contributed by atoms with Gasteiger partial charge in [-0.15, -0.1) is 0 Å². The third-order valence-corrected chi connectivity index (χ3v) is 3.28. The first-order chi connectivity index (χ1) is 8.27. The maximum Gasteiger partial charge on any atom is 0.192 e. The molecule has 2 aromatic rings. The second-order valence-electron chi connectivity index (χ2n) is 4.55. The third kappa shape index (κ3) is 1.83. The number of pyridine rings is 1. The molecule has 1 aliphatic rings. The molecular weight excluding hydrogens is 214 g/mol. The number of carbonyl (C=O) groups excluding carboxylic acids is 1. The Labute approximate surface area is 99.1 Å². The summed E-state index contributed by atoms with van der Waals surface area (Å²) >= 11 is 0. The van der Waals surface area contributed by atoms with Crippen molar-refractivity contribution in [3.05, 3.63) is 42.2 Å². The predicted molar refractivity (Wildman–Crippen MR) is 64.8 cm³/mol. The Morgan fingerprint density at radius 2 is 2.18 bits per heavy atom. The summed E-state index contributed by atoms with van der Waals surface area (Å²) in [7, 11) is 0. The van der Waals surface area contributed by atoms with Crippen molar-refractivity contribution < 1.29 is 9.90 Å². The number of hydrogen-bond acceptors (Lipinski definition) is 3. The molecule has 0 aliphatic heterocycles.